The third kappa shape index (κ3) is 2.50. The zero-order chi connectivity index (χ0) is 14.0. The molecule has 2 aromatic heterocycles. The Bertz CT molecular complexity index is 650. The Morgan fingerprint density at radius 3 is 2.79 bits per heavy atom. The molecule has 0 amide bonds. The second-order valence-electron chi connectivity index (χ2n) is 4.40. The molecule has 6 nitrogen and oxygen atoms in total. The summed E-state index contributed by atoms with van der Waals surface area (Å²) in [4.78, 5) is 4.14. The number of nitrogens with zero attached hydrogens (tertiary/aromatic N) is 4. The lowest BCUT2D eigenvalue weighted by molar-refractivity contribution is 0.730. The Labute approximate surface area is 111 Å². The molecule has 19 heavy (non-hydrogen) atoms. The summed E-state index contributed by atoms with van der Waals surface area (Å²) < 4.78 is 1.84. The summed E-state index contributed by atoms with van der Waals surface area (Å²) >= 11 is 0. The second-order valence-corrected chi connectivity index (χ2v) is 4.40. The van der Waals surface area contributed by atoms with Crippen LogP contribution in [-0.2, 0) is 13.6 Å². The Balaban J connectivity index is 2.22. The van der Waals surface area contributed by atoms with Crippen molar-refractivity contribution in [2.75, 3.05) is 11.1 Å². The summed E-state index contributed by atoms with van der Waals surface area (Å²) in [6.07, 6.45) is 1.53. The van der Waals surface area contributed by atoms with E-state index in [2.05, 4.69) is 21.5 Å². The summed E-state index contributed by atoms with van der Waals surface area (Å²) in [6.45, 7) is 4.56. The van der Waals surface area contributed by atoms with Crippen molar-refractivity contribution in [3.63, 3.8) is 0 Å². The highest BCUT2D eigenvalue weighted by molar-refractivity contribution is 5.57. The first kappa shape index (κ1) is 12.9. The van der Waals surface area contributed by atoms with Gasteiger partial charge in [-0.2, -0.15) is 10.4 Å². The van der Waals surface area contributed by atoms with E-state index in [0.29, 0.717) is 23.6 Å². The van der Waals surface area contributed by atoms with E-state index in [1.807, 2.05) is 25.6 Å². The summed E-state index contributed by atoms with van der Waals surface area (Å²) in [7, 11) is 1.91. The number of hydrogen-bond acceptors (Lipinski definition) is 5. The van der Waals surface area contributed by atoms with E-state index in [-0.39, 0.29) is 0 Å². The zero-order valence-corrected chi connectivity index (χ0v) is 11.2. The third-order valence-corrected chi connectivity index (χ3v) is 3.12. The molecule has 0 spiro atoms. The Hall–Kier alpha value is -2.55. The molecule has 0 aliphatic carbocycles. The molecule has 2 rings (SSSR count). The smallest absolute Gasteiger partial charge is 0.144 e. The highest BCUT2D eigenvalue weighted by Gasteiger charge is 2.10. The number of nitriles is 1. The van der Waals surface area contributed by atoms with Gasteiger partial charge in [-0.05, 0) is 19.9 Å². The first-order valence-electron chi connectivity index (χ1n) is 5.91. The first-order valence-corrected chi connectivity index (χ1v) is 5.91. The molecule has 0 aliphatic rings. The lowest BCUT2D eigenvalue weighted by Gasteiger charge is -2.08. The van der Waals surface area contributed by atoms with E-state index in [4.69, 9.17) is 11.0 Å². The SMILES string of the molecule is Cc1nn(C)c(C)c1CNc1ncc(N)cc1C#N. The van der Waals surface area contributed by atoms with Gasteiger partial charge >= 0.3 is 0 Å². The largest absolute Gasteiger partial charge is 0.397 e. The molecule has 0 bridgehead atoms. The Kier molecular flexibility index (Phi) is 3.38. The molecule has 3 N–H and O–H groups in total. The van der Waals surface area contributed by atoms with E-state index >= 15 is 0 Å². The van der Waals surface area contributed by atoms with Crippen molar-refractivity contribution in [1.29, 1.82) is 5.26 Å². The predicted molar refractivity (Wildman–Crippen MR) is 73.4 cm³/mol. The van der Waals surface area contributed by atoms with Gasteiger partial charge in [-0.25, -0.2) is 4.98 Å². The van der Waals surface area contributed by atoms with Crippen LogP contribution in [-0.4, -0.2) is 14.8 Å². The van der Waals surface area contributed by atoms with Crippen LogP contribution < -0.4 is 11.1 Å². The average molecular weight is 256 g/mol. The highest BCUT2D eigenvalue weighted by atomic mass is 15.3. The number of nitrogens with one attached hydrogen (secondary N) is 1. The molecule has 0 fully saturated rings. The number of aromatic nitrogens is 3. The number of rotatable bonds is 3. The maximum atomic E-state index is 9.05. The van der Waals surface area contributed by atoms with Crippen LogP contribution >= 0.6 is 0 Å². The molecule has 0 saturated carbocycles. The molecule has 0 radical (unpaired) electrons. The van der Waals surface area contributed by atoms with Gasteiger partial charge in [-0.15, -0.1) is 0 Å². The van der Waals surface area contributed by atoms with Crippen LogP contribution in [0.15, 0.2) is 12.3 Å². The molecular formula is C13H16N6. The van der Waals surface area contributed by atoms with Crippen LogP contribution in [0.25, 0.3) is 0 Å². The van der Waals surface area contributed by atoms with Crippen LogP contribution in [0.1, 0.15) is 22.5 Å². The molecular weight excluding hydrogens is 240 g/mol. The molecule has 98 valence electrons. The summed E-state index contributed by atoms with van der Waals surface area (Å²) in [5, 5.41) is 16.6. The summed E-state index contributed by atoms with van der Waals surface area (Å²) in [5.74, 6) is 0.541. The van der Waals surface area contributed by atoms with Crippen molar-refractivity contribution in [1.82, 2.24) is 14.8 Å². The van der Waals surface area contributed by atoms with Gasteiger partial charge in [0.15, 0.2) is 0 Å². The molecule has 6 heteroatoms. The number of anilines is 2. The van der Waals surface area contributed by atoms with Gasteiger partial charge in [0.1, 0.15) is 11.9 Å². The number of hydrogen-bond donors (Lipinski definition) is 2. The molecule has 0 aliphatic heterocycles. The fourth-order valence-electron chi connectivity index (χ4n) is 1.95. The fraction of sp³-hybridized carbons (Fsp3) is 0.308. The van der Waals surface area contributed by atoms with Gasteiger partial charge < -0.3 is 11.1 Å². The molecule has 0 saturated heterocycles. The van der Waals surface area contributed by atoms with Crippen molar-refractivity contribution >= 4 is 11.5 Å². The van der Waals surface area contributed by atoms with Gasteiger partial charge in [-0.3, -0.25) is 4.68 Å². The minimum absolute atomic E-state index is 0.444. The van der Waals surface area contributed by atoms with E-state index < -0.39 is 0 Å². The third-order valence-electron chi connectivity index (χ3n) is 3.12. The number of aryl methyl sites for hydroxylation is 2. The lowest BCUT2D eigenvalue weighted by atomic mass is 10.2. The number of nitrogens with two attached hydrogens (primary N) is 1. The number of nitrogen functional groups attached to an aromatic ring is 1. The molecule has 0 aromatic carbocycles. The lowest BCUT2D eigenvalue weighted by Crippen LogP contribution is -2.06. The van der Waals surface area contributed by atoms with Crippen LogP contribution in [0, 0.1) is 25.2 Å². The van der Waals surface area contributed by atoms with Gasteiger partial charge in [0, 0.05) is 24.8 Å². The highest BCUT2D eigenvalue weighted by Crippen LogP contribution is 2.17. The van der Waals surface area contributed by atoms with Gasteiger partial charge in [0.05, 0.1) is 23.1 Å². The quantitative estimate of drug-likeness (QED) is 0.868. The van der Waals surface area contributed by atoms with Crippen LogP contribution in [0.3, 0.4) is 0 Å². The van der Waals surface area contributed by atoms with Crippen LogP contribution in [0.4, 0.5) is 11.5 Å². The van der Waals surface area contributed by atoms with E-state index in [1.54, 1.807) is 6.07 Å². The number of pyridine rings is 1. The van der Waals surface area contributed by atoms with Crippen LogP contribution in [0.5, 0.6) is 0 Å². The maximum Gasteiger partial charge on any atom is 0.144 e. The van der Waals surface area contributed by atoms with Crippen molar-refractivity contribution < 1.29 is 0 Å². The molecule has 0 atom stereocenters. The maximum absolute atomic E-state index is 9.05. The standard InChI is InChI=1S/C13H16N6/c1-8-12(9(2)19(3)18-8)7-17-13-10(5-14)4-11(15)6-16-13/h4,6H,7,15H2,1-3H3,(H,16,17). The molecule has 0 unspecified atom stereocenters. The minimum atomic E-state index is 0.444. The fourth-order valence-corrected chi connectivity index (χ4v) is 1.95. The van der Waals surface area contributed by atoms with Crippen molar-refractivity contribution in [2.24, 2.45) is 7.05 Å². The first-order chi connectivity index (χ1) is 9.02. The monoisotopic (exact) mass is 256 g/mol. The average Bonchev–Trinajstić information content (AvgIpc) is 2.62. The van der Waals surface area contributed by atoms with E-state index in [1.165, 1.54) is 6.20 Å². The van der Waals surface area contributed by atoms with Gasteiger partial charge in [0.25, 0.3) is 0 Å². The van der Waals surface area contributed by atoms with Crippen molar-refractivity contribution in [2.45, 2.75) is 20.4 Å². The predicted octanol–water partition coefficient (Wildman–Crippen LogP) is 1.50. The Morgan fingerprint density at radius 1 is 1.47 bits per heavy atom. The van der Waals surface area contributed by atoms with Crippen molar-refractivity contribution in [3.05, 3.63) is 34.8 Å². The summed E-state index contributed by atoms with van der Waals surface area (Å²) in [5.41, 5.74) is 9.72. The van der Waals surface area contributed by atoms with Gasteiger partial charge in [0.2, 0.25) is 0 Å². The summed E-state index contributed by atoms with van der Waals surface area (Å²) in [6, 6.07) is 3.69. The second kappa shape index (κ2) is 4.98. The normalized spacial score (nSPS) is 10.2. The molecule has 2 aromatic rings. The topological polar surface area (TPSA) is 92.6 Å². The Morgan fingerprint density at radius 2 is 2.21 bits per heavy atom. The molecule has 2 heterocycles. The van der Waals surface area contributed by atoms with E-state index in [0.717, 1.165) is 17.0 Å². The van der Waals surface area contributed by atoms with Crippen molar-refractivity contribution in [3.8, 4) is 6.07 Å². The minimum Gasteiger partial charge on any atom is -0.397 e. The zero-order valence-electron chi connectivity index (χ0n) is 11.2. The van der Waals surface area contributed by atoms with Gasteiger partial charge in [-0.1, -0.05) is 0 Å². The van der Waals surface area contributed by atoms with Crippen LogP contribution in [0.2, 0.25) is 0 Å². The van der Waals surface area contributed by atoms with E-state index in [9.17, 15) is 0 Å².